The predicted molar refractivity (Wildman–Crippen MR) is 70.1 cm³/mol. The molecular formula is C13H18FNOS. The van der Waals surface area contributed by atoms with E-state index in [0.717, 1.165) is 35.8 Å². The van der Waals surface area contributed by atoms with E-state index in [2.05, 4.69) is 6.92 Å². The topological polar surface area (TPSA) is 35.2 Å². The minimum Gasteiger partial charge on any atom is -0.489 e. The van der Waals surface area contributed by atoms with E-state index in [1.54, 1.807) is 12.1 Å². The highest BCUT2D eigenvalue weighted by Gasteiger charge is 2.23. The third kappa shape index (κ3) is 3.36. The van der Waals surface area contributed by atoms with Gasteiger partial charge in [-0.05, 0) is 36.4 Å². The summed E-state index contributed by atoms with van der Waals surface area (Å²) in [5, 5.41) is 0. The highest BCUT2D eigenvalue weighted by Crippen LogP contribution is 2.30. The zero-order valence-corrected chi connectivity index (χ0v) is 10.8. The summed E-state index contributed by atoms with van der Waals surface area (Å²) in [6.45, 7) is 2.87. The highest BCUT2D eigenvalue weighted by molar-refractivity contribution is 7.99. The van der Waals surface area contributed by atoms with Gasteiger partial charge in [0.05, 0.1) is 0 Å². The van der Waals surface area contributed by atoms with Crippen LogP contribution in [0.1, 0.15) is 12.5 Å². The lowest BCUT2D eigenvalue weighted by Gasteiger charge is -2.12. The first-order valence-electron chi connectivity index (χ1n) is 5.92. The molecule has 0 saturated heterocycles. The largest absolute Gasteiger partial charge is 0.489 e. The Kier molecular flexibility index (Phi) is 4.29. The summed E-state index contributed by atoms with van der Waals surface area (Å²) in [4.78, 5) is 0. The van der Waals surface area contributed by atoms with Crippen molar-refractivity contribution >= 4 is 11.8 Å². The van der Waals surface area contributed by atoms with Gasteiger partial charge in [-0.25, -0.2) is 4.39 Å². The lowest BCUT2D eigenvalue weighted by molar-refractivity contribution is 0.259. The van der Waals surface area contributed by atoms with Crippen LogP contribution in [0.3, 0.4) is 0 Å². The molecule has 4 heteroatoms. The van der Waals surface area contributed by atoms with Crippen LogP contribution < -0.4 is 10.5 Å². The van der Waals surface area contributed by atoms with Crippen LogP contribution in [0.2, 0.25) is 0 Å². The summed E-state index contributed by atoms with van der Waals surface area (Å²) in [6.07, 6.45) is 0.999. The zero-order valence-electron chi connectivity index (χ0n) is 9.99. The Morgan fingerprint density at radius 1 is 1.59 bits per heavy atom. The molecule has 0 aliphatic carbocycles. The van der Waals surface area contributed by atoms with Crippen molar-refractivity contribution in [3.05, 3.63) is 29.6 Å². The molecule has 2 N–H and O–H groups in total. The first kappa shape index (κ1) is 12.7. The maximum absolute atomic E-state index is 13.0. The van der Waals surface area contributed by atoms with Gasteiger partial charge in [0.25, 0.3) is 0 Å². The lowest BCUT2D eigenvalue weighted by atomic mass is 10.1. The smallest absolute Gasteiger partial charge is 0.123 e. The number of hydrogen-bond acceptors (Lipinski definition) is 3. The van der Waals surface area contributed by atoms with Gasteiger partial charge >= 0.3 is 0 Å². The van der Waals surface area contributed by atoms with E-state index >= 15 is 0 Å². The zero-order chi connectivity index (χ0) is 12.3. The maximum atomic E-state index is 13.0. The Bertz CT molecular complexity index is 386. The molecule has 1 aliphatic rings. The lowest BCUT2D eigenvalue weighted by Crippen LogP contribution is -2.18. The van der Waals surface area contributed by atoms with Crippen molar-refractivity contribution in [2.75, 3.05) is 18.1 Å². The fraction of sp³-hybridized carbons (Fsp3) is 0.538. The van der Waals surface area contributed by atoms with Gasteiger partial charge in [0.1, 0.15) is 17.7 Å². The number of thioether (sulfide) groups is 1. The number of halogens is 1. The number of fused-ring (bicyclic) bond motifs is 1. The molecule has 2 nitrogen and oxygen atoms in total. The van der Waals surface area contributed by atoms with E-state index < -0.39 is 0 Å². The molecular weight excluding hydrogens is 237 g/mol. The Morgan fingerprint density at radius 3 is 3.18 bits per heavy atom. The molecule has 0 bridgehead atoms. The summed E-state index contributed by atoms with van der Waals surface area (Å²) in [5.41, 5.74) is 6.55. The van der Waals surface area contributed by atoms with Crippen LogP contribution in [-0.4, -0.2) is 24.2 Å². The van der Waals surface area contributed by atoms with E-state index in [-0.39, 0.29) is 11.9 Å². The molecule has 0 saturated carbocycles. The molecule has 1 aliphatic heterocycles. The van der Waals surface area contributed by atoms with Crippen molar-refractivity contribution < 1.29 is 9.13 Å². The van der Waals surface area contributed by atoms with Gasteiger partial charge in [0.15, 0.2) is 0 Å². The molecule has 1 heterocycles. The minimum atomic E-state index is -0.183. The molecule has 0 aromatic heterocycles. The van der Waals surface area contributed by atoms with Crippen LogP contribution in [0.4, 0.5) is 4.39 Å². The van der Waals surface area contributed by atoms with Gasteiger partial charge < -0.3 is 10.5 Å². The van der Waals surface area contributed by atoms with Crippen LogP contribution in [0, 0.1) is 11.7 Å². The van der Waals surface area contributed by atoms with Gasteiger partial charge in [-0.1, -0.05) is 6.92 Å². The summed E-state index contributed by atoms with van der Waals surface area (Å²) in [6, 6.07) is 4.74. The molecule has 1 aromatic carbocycles. The molecule has 94 valence electrons. The first-order chi connectivity index (χ1) is 8.19. The van der Waals surface area contributed by atoms with Gasteiger partial charge in [0, 0.05) is 17.7 Å². The fourth-order valence-electron chi connectivity index (χ4n) is 1.85. The predicted octanol–water partition coefficient (Wildman–Crippen LogP) is 2.46. The third-order valence-corrected chi connectivity index (χ3v) is 4.28. The standard InChI is InChI=1S/C13H18FNOS/c1-9(6-15)7-17-8-12-5-10-4-11(14)2-3-13(10)16-12/h2-4,9,12H,5-8,15H2,1H3. The van der Waals surface area contributed by atoms with E-state index in [9.17, 15) is 4.39 Å². The number of ether oxygens (including phenoxy) is 1. The normalized spacial score (nSPS) is 19.8. The van der Waals surface area contributed by atoms with Crippen LogP contribution in [-0.2, 0) is 6.42 Å². The Balaban J connectivity index is 1.80. The number of rotatable bonds is 5. The quantitative estimate of drug-likeness (QED) is 0.878. The van der Waals surface area contributed by atoms with E-state index in [1.807, 2.05) is 11.8 Å². The van der Waals surface area contributed by atoms with Crippen molar-refractivity contribution in [1.82, 2.24) is 0 Å². The van der Waals surface area contributed by atoms with Gasteiger partial charge in [0.2, 0.25) is 0 Å². The van der Waals surface area contributed by atoms with Gasteiger partial charge in [-0.3, -0.25) is 0 Å². The molecule has 0 spiro atoms. The molecule has 0 radical (unpaired) electrons. The highest BCUT2D eigenvalue weighted by atomic mass is 32.2. The molecule has 17 heavy (non-hydrogen) atoms. The van der Waals surface area contributed by atoms with E-state index in [4.69, 9.17) is 10.5 Å². The molecule has 2 rings (SSSR count). The van der Waals surface area contributed by atoms with Crippen molar-refractivity contribution in [3.8, 4) is 5.75 Å². The maximum Gasteiger partial charge on any atom is 0.123 e. The Hall–Kier alpha value is -0.740. The monoisotopic (exact) mass is 255 g/mol. The second-order valence-corrected chi connectivity index (χ2v) is 5.65. The average Bonchev–Trinajstić information content (AvgIpc) is 2.70. The van der Waals surface area contributed by atoms with Crippen LogP contribution >= 0.6 is 11.8 Å². The van der Waals surface area contributed by atoms with Crippen LogP contribution in [0.5, 0.6) is 5.75 Å². The van der Waals surface area contributed by atoms with E-state index in [0.29, 0.717) is 5.92 Å². The van der Waals surface area contributed by atoms with Gasteiger partial charge in [-0.2, -0.15) is 11.8 Å². The molecule has 1 aromatic rings. The SMILES string of the molecule is CC(CN)CSCC1Cc2cc(F)ccc2O1. The molecule has 0 fully saturated rings. The summed E-state index contributed by atoms with van der Waals surface area (Å²) in [7, 11) is 0. The molecule has 2 atom stereocenters. The molecule has 0 amide bonds. The summed E-state index contributed by atoms with van der Waals surface area (Å²) < 4.78 is 18.8. The first-order valence-corrected chi connectivity index (χ1v) is 7.07. The molecule has 2 unspecified atom stereocenters. The van der Waals surface area contributed by atoms with Crippen LogP contribution in [0.15, 0.2) is 18.2 Å². The van der Waals surface area contributed by atoms with Crippen molar-refractivity contribution in [1.29, 1.82) is 0 Å². The minimum absolute atomic E-state index is 0.182. The average molecular weight is 255 g/mol. The second-order valence-electron chi connectivity index (χ2n) is 4.57. The number of nitrogens with two attached hydrogens (primary N) is 1. The van der Waals surface area contributed by atoms with Crippen molar-refractivity contribution in [2.45, 2.75) is 19.4 Å². The third-order valence-electron chi connectivity index (χ3n) is 2.87. The van der Waals surface area contributed by atoms with Crippen LogP contribution in [0.25, 0.3) is 0 Å². The Labute approximate surface area is 106 Å². The van der Waals surface area contributed by atoms with Crippen molar-refractivity contribution in [2.24, 2.45) is 11.7 Å². The second kappa shape index (κ2) is 5.74. The van der Waals surface area contributed by atoms with Crippen molar-refractivity contribution in [3.63, 3.8) is 0 Å². The van der Waals surface area contributed by atoms with Gasteiger partial charge in [-0.15, -0.1) is 0 Å². The number of benzene rings is 1. The number of hydrogen-bond donors (Lipinski definition) is 1. The fourth-order valence-corrected chi connectivity index (χ4v) is 2.97. The summed E-state index contributed by atoms with van der Waals surface area (Å²) in [5.74, 6) is 3.20. The van der Waals surface area contributed by atoms with E-state index in [1.165, 1.54) is 6.07 Å². The summed E-state index contributed by atoms with van der Waals surface area (Å²) >= 11 is 1.86. The Morgan fingerprint density at radius 2 is 2.41 bits per heavy atom.